The van der Waals surface area contributed by atoms with Crippen molar-refractivity contribution >= 4 is 28.2 Å². The van der Waals surface area contributed by atoms with E-state index in [0.29, 0.717) is 6.61 Å². The van der Waals surface area contributed by atoms with Crippen molar-refractivity contribution in [3.63, 3.8) is 0 Å². The maximum Gasteiger partial charge on any atom is 0.309 e. The van der Waals surface area contributed by atoms with Crippen LogP contribution in [0.5, 0.6) is 0 Å². The van der Waals surface area contributed by atoms with E-state index < -0.39 is 0 Å². The number of carbonyl (C=O) groups excluding carboxylic acids is 2. The molecule has 0 aromatic carbocycles. The summed E-state index contributed by atoms with van der Waals surface area (Å²) in [5.74, 6) is -0.151. The Labute approximate surface area is 197 Å². The van der Waals surface area contributed by atoms with Gasteiger partial charge in [-0.25, -0.2) is 0 Å². The first-order chi connectivity index (χ1) is 16.1. The van der Waals surface area contributed by atoms with Crippen LogP contribution in [0.3, 0.4) is 0 Å². The van der Waals surface area contributed by atoms with Crippen LogP contribution in [0, 0.1) is 5.92 Å². The highest BCUT2D eigenvalue weighted by Gasteiger charge is 2.33. The van der Waals surface area contributed by atoms with Crippen LogP contribution >= 0.6 is 11.3 Å². The summed E-state index contributed by atoms with van der Waals surface area (Å²) in [6.07, 6.45) is 7.46. The number of nitrogens with zero attached hydrogens (tertiary/aromatic N) is 2. The monoisotopic (exact) mass is 467 g/mol. The summed E-state index contributed by atoms with van der Waals surface area (Å²) in [6, 6.07) is 9.52. The normalized spacial score (nSPS) is 15.8. The zero-order valence-corrected chi connectivity index (χ0v) is 19.8. The molecular weight excluding hydrogens is 438 g/mol. The molecule has 33 heavy (non-hydrogen) atoms. The fourth-order valence-corrected chi connectivity index (χ4v) is 5.32. The smallest absolute Gasteiger partial charge is 0.309 e. The van der Waals surface area contributed by atoms with Crippen molar-refractivity contribution in [1.29, 1.82) is 0 Å². The van der Waals surface area contributed by atoms with E-state index in [9.17, 15) is 9.59 Å². The van der Waals surface area contributed by atoms with E-state index in [-0.39, 0.29) is 29.6 Å². The van der Waals surface area contributed by atoms with Crippen LogP contribution in [0.2, 0.25) is 0 Å². The molecular formula is C25H29N3O4S. The number of likely N-dealkylation sites (tertiary alicyclic amines) is 1. The van der Waals surface area contributed by atoms with Crippen LogP contribution < -0.4 is 5.32 Å². The van der Waals surface area contributed by atoms with Crippen LogP contribution in [0.25, 0.3) is 0 Å². The molecule has 4 rings (SSSR count). The fraction of sp³-hybridized carbons (Fsp3) is 0.400. The van der Waals surface area contributed by atoms with Crippen molar-refractivity contribution < 1.29 is 18.7 Å². The highest BCUT2D eigenvalue weighted by atomic mass is 32.1. The standard InChI is InChI=1S/C25H29N3O4S/c1-3-19-16-20(24(33-19)27-23(29)21-6-5-15-32-21)22(17-7-11-26-12-8-17)28-13-9-18(10-14-28)25(30)31-4-2/h5-8,11-12,15-16,18,22H,3-4,9-10,13-14H2,1-2H3,(H,27,29)/t22-/m0/s1. The number of aromatic nitrogens is 1. The third kappa shape index (κ3) is 5.34. The molecule has 1 saturated heterocycles. The predicted octanol–water partition coefficient (Wildman–Crippen LogP) is 4.92. The number of amides is 1. The number of ether oxygens (including phenoxy) is 1. The molecule has 174 valence electrons. The maximum atomic E-state index is 12.8. The molecule has 0 spiro atoms. The number of thiophene rings is 1. The lowest BCUT2D eigenvalue weighted by molar-refractivity contribution is -0.149. The summed E-state index contributed by atoms with van der Waals surface area (Å²) in [7, 11) is 0. The molecule has 0 bridgehead atoms. The van der Waals surface area contributed by atoms with E-state index in [2.05, 4.69) is 28.2 Å². The number of rotatable bonds is 8. The van der Waals surface area contributed by atoms with Gasteiger partial charge in [0, 0.05) is 22.8 Å². The van der Waals surface area contributed by atoms with E-state index in [0.717, 1.165) is 48.5 Å². The van der Waals surface area contributed by atoms with Crippen molar-refractivity contribution in [2.75, 3.05) is 25.0 Å². The number of aryl methyl sites for hydroxylation is 1. The Morgan fingerprint density at radius 1 is 1.24 bits per heavy atom. The molecule has 1 atom stereocenters. The van der Waals surface area contributed by atoms with E-state index >= 15 is 0 Å². The van der Waals surface area contributed by atoms with Crippen molar-refractivity contribution in [2.45, 2.75) is 39.2 Å². The number of hydrogen-bond donors (Lipinski definition) is 1. The maximum absolute atomic E-state index is 12.8. The summed E-state index contributed by atoms with van der Waals surface area (Å²) in [5.41, 5.74) is 2.16. The largest absolute Gasteiger partial charge is 0.466 e. The van der Waals surface area contributed by atoms with Gasteiger partial charge < -0.3 is 14.5 Å². The van der Waals surface area contributed by atoms with E-state index in [4.69, 9.17) is 9.15 Å². The number of carbonyl (C=O) groups is 2. The summed E-state index contributed by atoms with van der Waals surface area (Å²) < 4.78 is 10.5. The molecule has 1 amide bonds. The number of pyridine rings is 1. The molecule has 1 aliphatic heterocycles. The molecule has 0 aliphatic carbocycles. The molecule has 1 aliphatic rings. The summed E-state index contributed by atoms with van der Waals surface area (Å²) >= 11 is 1.59. The zero-order chi connectivity index (χ0) is 23.2. The fourth-order valence-electron chi connectivity index (χ4n) is 4.29. The molecule has 7 nitrogen and oxygen atoms in total. The van der Waals surface area contributed by atoms with Gasteiger partial charge in [-0.3, -0.25) is 19.5 Å². The van der Waals surface area contributed by atoms with Gasteiger partial charge >= 0.3 is 5.97 Å². The molecule has 3 aromatic heterocycles. The molecule has 0 radical (unpaired) electrons. The van der Waals surface area contributed by atoms with Gasteiger partial charge in [-0.05, 0) is 75.2 Å². The Hall–Kier alpha value is -2.97. The van der Waals surface area contributed by atoms with Crippen molar-refractivity contribution in [3.05, 3.63) is 70.8 Å². The van der Waals surface area contributed by atoms with Gasteiger partial charge in [-0.15, -0.1) is 11.3 Å². The first kappa shape index (κ1) is 23.2. The van der Waals surface area contributed by atoms with Gasteiger partial charge in [0.05, 0.1) is 24.8 Å². The SMILES string of the molecule is CCOC(=O)C1CCN([C@@H](c2ccncc2)c2cc(CC)sc2NC(=O)c2ccco2)CC1. The second-order valence-electron chi connectivity index (χ2n) is 8.03. The van der Waals surface area contributed by atoms with Crippen molar-refractivity contribution in [2.24, 2.45) is 5.92 Å². The lowest BCUT2D eigenvalue weighted by Crippen LogP contribution is -2.39. The Morgan fingerprint density at radius 3 is 2.64 bits per heavy atom. The van der Waals surface area contributed by atoms with Crippen LogP contribution in [-0.4, -0.2) is 41.5 Å². The number of esters is 1. The van der Waals surface area contributed by atoms with Crippen LogP contribution in [0.4, 0.5) is 5.00 Å². The Bertz CT molecular complexity index is 1060. The minimum Gasteiger partial charge on any atom is -0.466 e. The highest BCUT2D eigenvalue weighted by molar-refractivity contribution is 7.16. The average molecular weight is 468 g/mol. The minimum absolute atomic E-state index is 0.0559. The quantitative estimate of drug-likeness (QED) is 0.474. The molecule has 3 aromatic rings. The molecule has 0 unspecified atom stereocenters. The summed E-state index contributed by atoms with van der Waals surface area (Å²) in [6.45, 7) is 5.89. The van der Waals surface area contributed by atoms with Crippen LogP contribution in [0.15, 0.2) is 53.4 Å². The van der Waals surface area contributed by atoms with Crippen LogP contribution in [-0.2, 0) is 16.0 Å². The van der Waals surface area contributed by atoms with Gasteiger partial charge in [0.1, 0.15) is 5.00 Å². The van der Waals surface area contributed by atoms with E-state index in [1.807, 2.05) is 19.1 Å². The minimum atomic E-state index is -0.264. The molecule has 1 N–H and O–H groups in total. The second kappa shape index (κ2) is 10.8. The Morgan fingerprint density at radius 2 is 2.00 bits per heavy atom. The summed E-state index contributed by atoms with van der Waals surface area (Å²) in [4.78, 5) is 32.8. The van der Waals surface area contributed by atoms with Crippen LogP contribution in [0.1, 0.15) is 59.3 Å². The summed E-state index contributed by atoms with van der Waals surface area (Å²) in [5, 5.41) is 3.89. The van der Waals surface area contributed by atoms with Crippen molar-refractivity contribution in [3.8, 4) is 0 Å². The van der Waals surface area contributed by atoms with Gasteiger partial charge in [-0.2, -0.15) is 0 Å². The van der Waals surface area contributed by atoms with Gasteiger partial charge in [0.15, 0.2) is 5.76 Å². The Kier molecular flexibility index (Phi) is 7.57. The number of anilines is 1. The molecule has 8 heteroatoms. The van der Waals surface area contributed by atoms with Gasteiger partial charge in [-0.1, -0.05) is 6.92 Å². The molecule has 0 saturated carbocycles. The number of hydrogen-bond acceptors (Lipinski definition) is 7. The number of nitrogens with one attached hydrogen (secondary N) is 1. The molecule has 4 heterocycles. The number of piperidine rings is 1. The lowest BCUT2D eigenvalue weighted by atomic mass is 9.92. The third-order valence-corrected chi connectivity index (χ3v) is 7.17. The zero-order valence-electron chi connectivity index (χ0n) is 19.0. The van der Waals surface area contributed by atoms with Gasteiger partial charge in [0.25, 0.3) is 5.91 Å². The first-order valence-corrected chi connectivity index (χ1v) is 12.2. The lowest BCUT2D eigenvalue weighted by Gasteiger charge is -2.37. The topological polar surface area (TPSA) is 84.7 Å². The second-order valence-corrected chi connectivity index (χ2v) is 9.16. The Balaban J connectivity index is 1.64. The molecule has 1 fully saturated rings. The van der Waals surface area contributed by atoms with Gasteiger partial charge in [0.2, 0.25) is 0 Å². The number of furan rings is 1. The van der Waals surface area contributed by atoms with Crippen molar-refractivity contribution in [1.82, 2.24) is 9.88 Å². The predicted molar refractivity (Wildman–Crippen MR) is 127 cm³/mol. The third-order valence-electron chi connectivity index (χ3n) is 5.96. The van der Waals surface area contributed by atoms with E-state index in [1.165, 1.54) is 11.1 Å². The first-order valence-electron chi connectivity index (χ1n) is 11.4. The van der Waals surface area contributed by atoms with E-state index in [1.54, 1.807) is 35.9 Å². The highest BCUT2D eigenvalue weighted by Crippen LogP contribution is 2.41. The average Bonchev–Trinajstić information content (AvgIpc) is 3.51.